The minimum absolute atomic E-state index is 0.292. The molecule has 0 bridgehead atoms. The summed E-state index contributed by atoms with van der Waals surface area (Å²) in [5.41, 5.74) is 5.32. The van der Waals surface area contributed by atoms with Gasteiger partial charge in [0.25, 0.3) is 11.8 Å². The highest BCUT2D eigenvalue weighted by atomic mass is 127. The Morgan fingerprint density at radius 1 is 0.905 bits per heavy atom. The van der Waals surface area contributed by atoms with Crippen LogP contribution in [0.2, 0.25) is 10.0 Å². The van der Waals surface area contributed by atoms with E-state index in [0.717, 1.165) is 3.57 Å². The molecule has 2 amide bonds. The summed E-state index contributed by atoms with van der Waals surface area (Å²) in [6.45, 7) is 0. The Bertz CT molecular complexity index is 690. The number of carbonyl (C=O) groups excluding carboxylic acids is 2. The van der Waals surface area contributed by atoms with Crippen LogP contribution in [0.1, 0.15) is 20.7 Å². The average Bonchev–Trinajstić information content (AvgIpc) is 2.47. The third-order valence-corrected chi connectivity index (χ3v) is 3.82. The smallest absolute Gasteiger partial charge is 0.267 e. The van der Waals surface area contributed by atoms with Crippen molar-refractivity contribution in [3.63, 3.8) is 0 Å². The zero-order valence-electron chi connectivity index (χ0n) is 10.5. The van der Waals surface area contributed by atoms with Crippen LogP contribution in [0, 0.1) is 3.57 Å². The third kappa shape index (κ3) is 4.33. The van der Waals surface area contributed by atoms with Crippen LogP contribution in [0.25, 0.3) is 0 Å². The van der Waals surface area contributed by atoms with E-state index in [0.29, 0.717) is 21.2 Å². The van der Waals surface area contributed by atoms with Gasteiger partial charge < -0.3 is 0 Å². The molecule has 7 heteroatoms. The molecule has 21 heavy (non-hydrogen) atoms. The Hall–Kier alpha value is -1.31. The monoisotopic (exact) mass is 434 g/mol. The number of hydrogen-bond acceptors (Lipinski definition) is 2. The van der Waals surface area contributed by atoms with E-state index in [1.54, 1.807) is 42.5 Å². The first-order valence-electron chi connectivity index (χ1n) is 5.78. The van der Waals surface area contributed by atoms with Crippen molar-refractivity contribution in [1.29, 1.82) is 0 Å². The van der Waals surface area contributed by atoms with E-state index in [-0.39, 0.29) is 0 Å². The van der Waals surface area contributed by atoms with Gasteiger partial charge in [-0.2, -0.15) is 0 Å². The standard InChI is InChI=1S/C14H9Cl2IN2O2/c15-9-3-1-8(2-4-9)13(20)18-19-14(21)11-7-10(17)5-6-12(11)16/h1-7H,(H,18,20)(H,19,21). The van der Waals surface area contributed by atoms with E-state index in [4.69, 9.17) is 23.2 Å². The van der Waals surface area contributed by atoms with Crippen molar-refractivity contribution in [2.24, 2.45) is 0 Å². The van der Waals surface area contributed by atoms with Gasteiger partial charge in [0.2, 0.25) is 0 Å². The minimum Gasteiger partial charge on any atom is -0.267 e. The van der Waals surface area contributed by atoms with Crippen LogP contribution in [0.4, 0.5) is 0 Å². The summed E-state index contributed by atoms with van der Waals surface area (Å²) in [5.74, 6) is -0.928. The molecule has 2 aromatic rings. The number of amides is 2. The van der Waals surface area contributed by atoms with Crippen molar-refractivity contribution in [2.75, 3.05) is 0 Å². The molecular weight excluding hydrogens is 426 g/mol. The fraction of sp³-hybridized carbons (Fsp3) is 0. The second-order valence-corrected chi connectivity index (χ2v) is 6.13. The van der Waals surface area contributed by atoms with Gasteiger partial charge in [-0.15, -0.1) is 0 Å². The zero-order chi connectivity index (χ0) is 15.4. The number of carbonyl (C=O) groups is 2. The summed E-state index contributed by atoms with van der Waals surface area (Å²) in [5, 5.41) is 0.842. The zero-order valence-corrected chi connectivity index (χ0v) is 14.2. The molecule has 0 spiro atoms. The summed E-state index contributed by atoms with van der Waals surface area (Å²) in [6, 6.07) is 11.3. The molecule has 4 nitrogen and oxygen atoms in total. The number of nitrogens with one attached hydrogen (secondary N) is 2. The summed E-state index contributed by atoms with van der Waals surface area (Å²) in [4.78, 5) is 23.8. The maximum absolute atomic E-state index is 12.0. The van der Waals surface area contributed by atoms with Gasteiger partial charge in [-0.25, -0.2) is 0 Å². The predicted octanol–water partition coefficient (Wildman–Crippen LogP) is 3.67. The fourth-order valence-corrected chi connectivity index (χ4v) is 2.35. The van der Waals surface area contributed by atoms with E-state index in [9.17, 15) is 9.59 Å². The molecule has 2 rings (SSSR count). The molecule has 0 saturated heterocycles. The minimum atomic E-state index is -0.485. The van der Waals surface area contributed by atoms with Gasteiger partial charge in [-0.3, -0.25) is 20.4 Å². The lowest BCUT2D eigenvalue weighted by Gasteiger charge is -2.09. The van der Waals surface area contributed by atoms with Crippen LogP contribution in [0.5, 0.6) is 0 Å². The van der Waals surface area contributed by atoms with Crippen molar-refractivity contribution < 1.29 is 9.59 Å². The van der Waals surface area contributed by atoms with Crippen molar-refractivity contribution in [1.82, 2.24) is 10.9 Å². The van der Waals surface area contributed by atoms with Gasteiger partial charge in [0.1, 0.15) is 0 Å². The highest BCUT2D eigenvalue weighted by Crippen LogP contribution is 2.18. The van der Waals surface area contributed by atoms with Crippen LogP contribution in [0.3, 0.4) is 0 Å². The average molecular weight is 435 g/mol. The lowest BCUT2D eigenvalue weighted by atomic mass is 10.2. The van der Waals surface area contributed by atoms with Crippen LogP contribution in [0.15, 0.2) is 42.5 Å². The Kier molecular flexibility index (Phi) is 5.44. The molecule has 0 aliphatic carbocycles. The summed E-state index contributed by atoms with van der Waals surface area (Å²) >= 11 is 13.8. The topological polar surface area (TPSA) is 58.2 Å². The first-order valence-corrected chi connectivity index (χ1v) is 7.62. The van der Waals surface area contributed by atoms with Crippen LogP contribution in [-0.4, -0.2) is 11.8 Å². The lowest BCUT2D eigenvalue weighted by molar-refractivity contribution is 0.0846. The summed E-state index contributed by atoms with van der Waals surface area (Å²) in [7, 11) is 0. The molecule has 0 aromatic heterocycles. The normalized spacial score (nSPS) is 10.0. The van der Waals surface area contributed by atoms with E-state index in [1.807, 2.05) is 0 Å². The first kappa shape index (κ1) is 16.1. The molecule has 0 aliphatic rings. The molecule has 0 saturated carbocycles. The SMILES string of the molecule is O=C(NNC(=O)c1cc(I)ccc1Cl)c1ccc(Cl)cc1. The molecule has 0 aliphatic heterocycles. The number of hydrazine groups is 1. The number of hydrogen-bond donors (Lipinski definition) is 2. The van der Waals surface area contributed by atoms with E-state index >= 15 is 0 Å². The van der Waals surface area contributed by atoms with E-state index < -0.39 is 11.8 Å². The molecular formula is C14H9Cl2IN2O2. The van der Waals surface area contributed by atoms with Crippen LogP contribution < -0.4 is 10.9 Å². The molecule has 0 radical (unpaired) electrons. The molecule has 0 unspecified atom stereocenters. The Balaban J connectivity index is 2.02. The second kappa shape index (κ2) is 7.11. The van der Waals surface area contributed by atoms with Crippen LogP contribution >= 0.6 is 45.8 Å². The van der Waals surface area contributed by atoms with Gasteiger partial charge in [0.15, 0.2) is 0 Å². The van der Waals surface area contributed by atoms with Crippen molar-refractivity contribution in [3.8, 4) is 0 Å². The number of halogens is 3. The maximum atomic E-state index is 12.0. The highest BCUT2D eigenvalue weighted by Gasteiger charge is 2.12. The Labute approximate surface area is 144 Å². The number of benzene rings is 2. The molecule has 108 valence electrons. The lowest BCUT2D eigenvalue weighted by Crippen LogP contribution is -2.41. The van der Waals surface area contributed by atoms with Gasteiger partial charge in [-0.05, 0) is 65.1 Å². The molecule has 0 atom stereocenters. The second-order valence-electron chi connectivity index (χ2n) is 4.04. The largest absolute Gasteiger partial charge is 0.271 e. The number of rotatable bonds is 2. The molecule has 2 N–H and O–H groups in total. The van der Waals surface area contributed by atoms with Gasteiger partial charge in [0, 0.05) is 14.2 Å². The quantitative estimate of drug-likeness (QED) is 0.559. The van der Waals surface area contributed by atoms with E-state index in [1.165, 1.54) is 0 Å². The van der Waals surface area contributed by atoms with Crippen molar-refractivity contribution in [2.45, 2.75) is 0 Å². The van der Waals surface area contributed by atoms with Crippen molar-refractivity contribution in [3.05, 3.63) is 67.2 Å². The van der Waals surface area contributed by atoms with Gasteiger partial charge >= 0.3 is 0 Å². The first-order chi connectivity index (χ1) is 9.97. The summed E-state index contributed by atoms with van der Waals surface area (Å²) < 4.78 is 0.867. The third-order valence-electron chi connectivity index (χ3n) is 2.57. The van der Waals surface area contributed by atoms with Crippen molar-refractivity contribution >= 4 is 57.6 Å². The maximum Gasteiger partial charge on any atom is 0.271 e. The molecule has 0 heterocycles. The van der Waals surface area contributed by atoms with Crippen LogP contribution in [-0.2, 0) is 0 Å². The fourth-order valence-electron chi connectivity index (χ4n) is 1.53. The Morgan fingerprint density at radius 3 is 2.19 bits per heavy atom. The van der Waals surface area contributed by atoms with Gasteiger partial charge in [0.05, 0.1) is 10.6 Å². The predicted molar refractivity (Wildman–Crippen MR) is 90.6 cm³/mol. The molecule has 0 fully saturated rings. The van der Waals surface area contributed by atoms with Gasteiger partial charge in [-0.1, -0.05) is 23.2 Å². The molecule has 2 aromatic carbocycles. The van der Waals surface area contributed by atoms with E-state index in [2.05, 4.69) is 33.4 Å². The highest BCUT2D eigenvalue weighted by molar-refractivity contribution is 14.1. The summed E-state index contributed by atoms with van der Waals surface area (Å²) in [6.07, 6.45) is 0. The Morgan fingerprint density at radius 2 is 1.52 bits per heavy atom.